The molecular weight excluding hydrogens is 124 g/mol. The molecule has 0 aromatic rings. The van der Waals surface area contributed by atoms with Gasteiger partial charge in [-0.05, 0) is 11.8 Å². The predicted octanol–water partition coefficient (Wildman–Crippen LogP) is 2.85. The van der Waals surface area contributed by atoms with E-state index >= 15 is 0 Å². The van der Waals surface area contributed by atoms with Gasteiger partial charge < -0.3 is 4.74 Å². The van der Waals surface area contributed by atoms with Crippen molar-refractivity contribution in [2.45, 2.75) is 40.0 Å². The van der Waals surface area contributed by atoms with Crippen LogP contribution in [0.3, 0.4) is 0 Å². The van der Waals surface area contributed by atoms with Crippen molar-refractivity contribution in [3.8, 4) is 0 Å². The van der Waals surface area contributed by atoms with Gasteiger partial charge in [-0.3, -0.25) is 0 Å². The molecule has 0 aliphatic rings. The van der Waals surface area contributed by atoms with Crippen molar-refractivity contribution in [1.82, 2.24) is 0 Å². The Hall–Kier alpha value is -0.0400. The molecule has 0 saturated heterocycles. The molecule has 0 radical (unpaired) electrons. The van der Waals surface area contributed by atoms with Crippen LogP contribution in [-0.2, 0) is 4.74 Å². The van der Waals surface area contributed by atoms with Crippen LogP contribution in [0.25, 0.3) is 0 Å². The van der Waals surface area contributed by atoms with E-state index in [0.29, 0.717) is 5.41 Å². The second kappa shape index (κ2) is 4.73. The molecule has 0 N–H and O–H groups in total. The number of hydrogen-bond donors (Lipinski definition) is 0. The van der Waals surface area contributed by atoms with E-state index in [1.165, 1.54) is 19.3 Å². The van der Waals surface area contributed by atoms with Crippen LogP contribution in [0.2, 0.25) is 0 Å². The second-order valence-electron chi connectivity index (χ2n) is 3.70. The molecule has 0 heterocycles. The van der Waals surface area contributed by atoms with Crippen LogP contribution in [0.1, 0.15) is 40.0 Å². The fourth-order valence-corrected chi connectivity index (χ4v) is 1.12. The highest BCUT2D eigenvalue weighted by Gasteiger charge is 2.15. The number of hydrogen-bond acceptors (Lipinski definition) is 1. The lowest BCUT2D eigenvalue weighted by molar-refractivity contribution is 0.0966. The molecule has 1 heteroatoms. The van der Waals surface area contributed by atoms with E-state index in [1.54, 1.807) is 7.11 Å². The first-order valence-corrected chi connectivity index (χ1v) is 4.11. The fourth-order valence-electron chi connectivity index (χ4n) is 1.12. The zero-order valence-electron chi connectivity index (χ0n) is 7.74. The molecular formula is C9H20O. The summed E-state index contributed by atoms with van der Waals surface area (Å²) in [6.07, 6.45) is 3.88. The summed E-state index contributed by atoms with van der Waals surface area (Å²) in [4.78, 5) is 0. The molecule has 0 saturated carbocycles. The molecule has 0 amide bonds. The Kier molecular flexibility index (Phi) is 4.71. The SMILES string of the molecule is CCCCC(C)(C)COC. The minimum Gasteiger partial charge on any atom is -0.384 e. The van der Waals surface area contributed by atoms with Gasteiger partial charge in [-0.2, -0.15) is 0 Å². The highest BCUT2D eigenvalue weighted by Crippen LogP contribution is 2.22. The summed E-state index contributed by atoms with van der Waals surface area (Å²) in [7, 11) is 1.77. The monoisotopic (exact) mass is 144 g/mol. The summed E-state index contributed by atoms with van der Waals surface area (Å²) in [5.74, 6) is 0. The van der Waals surface area contributed by atoms with Gasteiger partial charge in [0, 0.05) is 7.11 Å². The van der Waals surface area contributed by atoms with E-state index in [4.69, 9.17) is 4.74 Å². The molecule has 1 nitrogen and oxygen atoms in total. The first kappa shape index (κ1) is 9.96. The normalized spacial score (nSPS) is 12.0. The van der Waals surface area contributed by atoms with E-state index in [-0.39, 0.29) is 0 Å². The summed E-state index contributed by atoms with van der Waals surface area (Å²) in [5, 5.41) is 0. The van der Waals surface area contributed by atoms with Crippen molar-refractivity contribution in [2.24, 2.45) is 5.41 Å². The maximum Gasteiger partial charge on any atom is 0.0513 e. The van der Waals surface area contributed by atoms with Gasteiger partial charge in [-0.1, -0.05) is 33.6 Å². The summed E-state index contributed by atoms with van der Waals surface area (Å²) in [6.45, 7) is 7.62. The third kappa shape index (κ3) is 4.80. The van der Waals surface area contributed by atoms with Gasteiger partial charge in [0.25, 0.3) is 0 Å². The maximum absolute atomic E-state index is 5.10. The molecule has 0 atom stereocenters. The minimum atomic E-state index is 0.380. The third-order valence-electron chi connectivity index (χ3n) is 1.74. The number of rotatable bonds is 5. The van der Waals surface area contributed by atoms with Crippen LogP contribution in [0, 0.1) is 5.41 Å². The highest BCUT2D eigenvalue weighted by atomic mass is 16.5. The van der Waals surface area contributed by atoms with Crippen molar-refractivity contribution < 1.29 is 4.74 Å². The van der Waals surface area contributed by atoms with Crippen molar-refractivity contribution in [3.63, 3.8) is 0 Å². The molecule has 0 aliphatic heterocycles. The molecule has 0 aromatic heterocycles. The number of unbranched alkanes of at least 4 members (excludes halogenated alkanes) is 1. The summed E-state index contributed by atoms with van der Waals surface area (Å²) >= 11 is 0. The van der Waals surface area contributed by atoms with Gasteiger partial charge in [0.05, 0.1) is 6.61 Å². The van der Waals surface area contributed by atoms with Crippen LogP contribution < -0.4 is 0 Å². The average molecular weight is 144 g/mol. The number of methoxy groups -OCH3 is 1. The van der Waals surface area contributed by atoms with Crippen molar-refractivity contribution >= 4 is 0 Å². The smallest absolute Gasteiger partial charge is 0.0513 e. The van der Waals surface area contributed by atoms with Crippen molar-refractivity contribution in [2.75, 3.05) is 13.7 Å². The Morgan fingerprint density at radius 3 is 2.30 bits per heavy atom. The molecule has 0 aliphatic carbocycles. The Labute approximate surface area is 64.8 Å². The zero-order chi connectivity index (χ0) is 8.04. The molecule has 0 aromatic carbocycles. The van der Waals surface area contributed by atoms with Gasteiger partial charge in [0.1, 0.15) is 0 Å². The van der Waals surface area contributed by atoms with E-state index < -0.39 is 0 Å². The number of ether oxygens (including phenoxy) is 1. The Balaban J connectivity index is 3.42. The Morgan fingerprint density at radius 2 is 1.90 bits per heavy atom. The maximum atomic E-state index is 5.10. The molecule has 10 heavy (non-hydrogen) atoms. The van der Waals surface area contributed by atoms with E-state index in [0.717, 1.165) is 6.61 Å². The first-order chi connectivity index (χ1) is 4.62. The van der Waals surface area contributed by atoms with Gasteiger partial charge in [-0.25, -0.2) is 0 Å². The minimum absolute atomic E-state index is 0.380. The average Bonchev–Trinajstić information content (AvgIpc) is 1.84. The van der Waals surface area contributed by atoms with Gasteiger partial charge >= 0.3 is 0 Å². The lowest BCUT2D eigenvalue weighted by atomic mass is 9.88. The lowest BCUT2D eigenvalue weighted by Crippen LogP contribution is -2.17. The van der Waals surface area contributed by atoms with Crippen molar-refractivity contribution in [3.05, 3.63) is 0 Å². The summed E-state index contributed by atoms with van der Waals surface area (Å²) < 4.78 is 5.10. The summed E-state index contributed by atoms with van der Waals surface area (Å²) in [5.41, 5.74) is 0.380. The van der Waals surface area contributed by atoms with Crippen LogP contribution in [0.15, 0.2) is 0 Å². The molecule has 0 fully saturated rings. The topological polar surface area (TPSA) is 9.23 Å². The second-order valence-corrected chi connectivity index (χ2v) is 3.70. The summed E-state index contributed by atoms with van der Waals surface area (Å²) in [6, 6.07) is 0. The highest BCUT2D eigenvalue weighted by molar-refractivity contribution is 4.66. The third-order valence-corrected chi connectivity index (χ3v) is 1.74. The van der Waals surface area contributed by atoms with Crippen LogP contribution in [0.5, 0.6) is 0 Å². The van der Waals surface area contributed by atoms with E-state index in [2.05, 4.69) is 20.8 Å². The largest absolute Gasteiger partial charge is 0.384 e. The molecule has 0 spiro atoms. The van der Waals surface area contributed by atoms with E-state index in [9.17, 15) is 0 Å². The Morgan fingerprint density at radius 1 is 1.30 bits per heavy atom. The predicted molar refractivity (Wildman–Crippen MR) is 45.2 cm³/mol. The quantitative estimate of drug-likeness (QED) is 0.576. The van der Waals surface area contributed by atoms with Crippen LogP contribution in [-0.4, -0.2) is 13.7 Å². The lowest BCUT2D eigenvalue weighted by Gasteiger charge is -2.22. The molecule has 0 rings (SSSR count). The zero-order valence-corrected chi connectivity index (χ0v) is 7.74. The van der Waals surface area contributed by atoms with Gasteiger partial charge in [-0.15, -0.1) is 0 Å². The Bertz CT molecular complexity index is 76.8. The molecule has 0 unspecified atom stereocenters. The fraction of sp³-hybridized carbons (Fsp3) is 1.00. The van der Waals surface area contributed by atoms with Gasteiger partial charge in [0.15, 0.2) is 0 Å². The molecule has 0 bridgehead atoms. The standard InChI is InChI=1S/C9H20O/c1-5-6-7-9(2,3)8-10-4/h5-8H2,1-4H3. The van der Waals surface area contributed by atoms with Crippen molar-refractivity contribution in [1.29, 1.82) is 0 Å². The van der Waals surface area contributed by atoms with Crippen LogP contribution >= 0.6 is 0 Å². The van der Waals surface area contributed by atoms with Gasteiger partial charge in [0.2, 0.25) is 0 Å². The molecule has 62 valence electrons. The van der Waals surface area contributed by atoms with E-state index in [1.807, 2.05) is 0 Å². The van der Waals surface area contributed by atoms with Crippen LogP contribution in [0.4, 0.5) is 0 Å². The first-order valence-electron chi connectivity index (χ1n) is 4.11.